The number of alkyl halides is 1. The zero-order valence-corrected chi connectivity index (χ0v) is 12.0. The SMILES string of the molecule is CC(C)C(=O)N1CCc2cc(CCBr)ccc21. The summed E-state index contributed by atoms with van der Waals surface area (Å²) < 4.78 is 0. The van der Waals surface area contributed by atoms with Crippen molar-refractivity contribution in [2.75, 3.05) is 16.8 Å². The number of hydrogen-bond donors (Lipinski definition) is 0. The van der Waals surface area contributed by atoms with Gasteiger partial charge >= 0.3 is 0 Å². The predicted octanol–water partition coefficient (Wildman–Crippen LogP) is 3.17. The van der Waals surface area contributed by atoms with Gasteiger partial charge in [-0.3, -0.25) is 4.79 Å². The number of nitrogens with zero attached hydrogens (tertiary/aromatic N) is 1. The van der Waals surface area contributed by atoms with Crippen LogP contribution in [0.25, 0.3) is 0 Å². The Bertz CT molecular complexity index is 428. The molecule has 0 unspecified atom stereocenters. The lowest BCUT2D eigenvalue weighted by atomic mass is 10.1. The van der Waals surface area contributed by atoms with Gasteiger partial charge in [0, 0.05) is 23.5 Å². The first-order valence-electron chi connectivity index (χ1n) is 6.12. The van der Waals surface area contributed by atoms with E-state index >= 15 is 0 Å². The molecular formula is C14H18BrNO. The lowest BCUT2D eigenvalue weighted by Crippen LogP contribution is -2.32. The minimum atomic E-state index is 0.0724. The number of rotatable bonds is 3. The smallest absolute Gasteiger partial charge is 0.229 e. The maximum absolute atomic E-state index is 12.0. The van der Waals surface area contributed by atoms with Crippen LogP contribution in [-0.2, 0) is 17.6 Å². The number of benzene rings is 1. The summed E-state index contributed by atoms with van der Waals surface area (Å²) in [6.45, 7) is 4.75. The largest absolute Gasteiger partial charge is 0.312 e. The van der Waals surface area contributed by atoms with Gasteiger partial charge in [0.05, 0.1) is 0 Å². The summed E-state index contributed by atoms with van der Waals surface area (Å²) in [5.74, 6) is 0.306. The van der Waals surface area contributed by atoms with Crippen LogP contribution in [0.4, 0.5) is 5.69 Å². The highest BCUT2D eigenvalue weighted by Gasteiger charge is 2.26. The Balaban J connectivity index is 2.24. The zero-order chi connectivity index (χ0) is 12.4. The number of carbonyl (C=O) groups is 1. The molecule has 0 N–H and O–H groups in total. The second-order valence-electron chi connectivity index (χ2n) is 4.80. The van der Waals surface area contributed by atoms with Crippen molar-refractivity contribution in [3.63, 3.8) is 0 Å². The first-order valence-corrected chi connectivity index (χ1v) is 7.24. The second kappa shape index (κ2) is 5.21. The van der Waals surface area contributed by atoms with Gasteiger partial charge in [0.25, 0.3) is 0 Å². The third kappa shape index (κ3) is 2.54. The van der Waals surface area contributed by atoms with E-state index in [4.69, 9.17) is 0 Å². The molecule has 0 spiro atoms. The third-order valence-corrected chi connectivity index (χ3v) is 3.58. The molecule has 1 aromatic carbocycles. The van der Waals surface area contributed by atoms with Gasteiger partial charge in [-0.25, -0.2) is 0 Å². The Labute approximate surface area is 111 Å². The third-order valence-electron chi connectivity index (χ3n) is 3.18. The fraction of sp³-hybridized carbons (Fsp3) is 0.500. The van der Waals surface area contributed by atoms with Crippen LogP contribution in [0.3, 0.4) is 0 Å². The van der Waals surface area contributed by atoms with E-state index in [0.717, 1.165) is 30.4 Å². The van der Waals surface area contributed by atoms with Crippen LogP contribution < -0.4 is 4.90 Å². The highest BCUT2D eigenvalue weighted by molar-refractivity contribution is 9.09. The van der Waals surface area contributed by atoms with Crippen LogP contribution in [0.15, 0.2) is 18.2 Å². The van der Waals surface area contributed by atoms with Crippen molar-refractivity contribution in [1.82, 2.24) is 0 Å². The highest BCUT2D eigenvalue weighted by Crippen LogP contribution is 2.30. The van der Waals surface area contributed by atoms with Crippen molar-refractivity contribution < 1.29 is 4.79 Å². The number of halogens is 1. The molecule has 0 atom stereocenters. The monoisotopic (exact) mass is 295 g/mol. The number of aryl methyl sites for hydroxylation is 1. The van der Waals surface area contributed by atoms with Crippen LogP contribution in [0.2, 0.25) is 0 Å². The van der Waals surface area contributed by atoms with E-state index in [1.807, 2.05) is 18.7 Å². The summed E-state index contributed by atoms with van der Waals surface area (Å²) in [4.78, 5) is 14.0. The quantitative estimate of drug-likeness (QED) is 0.785. The molecule has 3 heteroatoms. The topological polar surface area (TPSA) is 20.3 Å². The molecule has 2 nitrogen and oxygen atoms in total. The van der Waals surface area contributed by atoms with E-state index < -0.39 is 0 Å². The molecule has 1 heterocycles. The van der Waals surface area contributed by atoms with E-state index in [0.29, 0.717) is 0 Å². The molecule has 1 amide bonds. The molecule has 1 aliphatic rings. The van der Waals surface area contributed by atoms with Crippen LogP contribution in [0.5, 0.6) is 0 Å². The lowest BCUT2D eigenvalue weighted by molar-refractivity contribution is -0.121. The summed E-state index contributed by atoms with van der Waals surface area (Å²) >= 11 is 3.46. The van der Waals surface area contributed by atoms with E-state index in [1.165, 1.54) is 11.1 Å². The van der Waals surface area contributed by atoms with Crippen molar-refractivity contribution in [2.24, 2.45) is 5.92 Å². The number of anilines is 1. The Morgan fingerprint density at radius 3 is 2.88 bits per heavy atom. The average Bonchev–Trinajstić information content (AvgIpc) is 2.71. The van der Waals surface area contributed by atoms with E-state index in [2.05, 4.69) is 34.1 Å². The van der Waals surface area contributed by atoms with Crippen molar-refractivity contribution in [2.45, 2.75) is 26.7 Å². The van der Waals surface area contributed by atoms with Crippen LogP contribution in [0.1, 0.15) is 25.0 Å². The van der Waals surface area contributed by atoms with Gasteiger partial charge < -0.3 is 4.90 Å². The van der Waals surface area contributed by atoms with Gasteiger partial charge in [0.2, 0.25) is 5.91 Å². The molecule has 17 heavy (non-hydrogen) atoms. The molecule has 2 rings (SSSR count). The van der Waals surface area contributed by atoms with Crippen LogP contribution in [0, 0.1) is 5.92 Å². The number of hydrogen-bond acceptors (Lipinski definition) is 1. The highest BCUT2D eigenvalue weighted by atomic mass is 79.9. The molecule has 1 aliphatic heterocycles. The molecule has 0 aliphatic carbocycles. The molecule has 92 valence electrons. The maximum atomic E-state index is 12.0. The molecule has 0 saturated heterocycles. The van der Waals surface area contributed by atoms with Gasteiger partial charge in [-0.05, 0) is 30.0 Å². The minimum Gasteiger partial charge on any atom is -0.312 e. The Hall–Kier alpha value is -0.830. The number of amides is 1. The van der Waals surface area contributed by atoms with Gasteiger partial charge in [-0.2, -0.15) is 0 Å². The molecular weight excluding hydrogens is 278 g/mol. The molecule has 0 aromatic heterocycles. The molecule has 0 bridgehead atoms. The minimum absolute atomic E-state index is 0.0724. The Morgan fingerprint density at radius 1 is 1.47 bits per heavy atom. The van der Waals surface area contributed by atoms with Crippen molar-refractivity contribution in [3.8, 4) is 0 Å². The molecule has 0 radical (unpaired) electrons. The molecule has 0 saturated carbocycles. The predicted molar refractivity (Wildman–Crippen MR) is 74.8 cm³/mol. The number of carbonyl (C=O) groups excluding carboxylic acids is 1. The lowest BCUT2D eigenvalue weighted by Gasteiger charge is -2.19. The van der Waals surface area contributed by atoms with E-state index in [-0.39, 0.29) is 11.8 Å². The zero-order valence-electron chi connectivity index (χ0n) is 10.4. The Morgan fingerprint density at radius 2 is 2.24 bits per heavy atom. The standard InChI is InChI=1S/C14H18BrNO/c1-10(2)14(17)16-8-6-12-9-11(5-7-15)3-4-13(12)16/h3-4,9-10H,5-8H2,1-2H3. The van der Waals surface area contributed by atoms with E-state index in [9.17, 15) is 4.79 Å². The summed E-state index contributed by atoms with van der Waals surface area (Å²) in [7, 11) is 0. The Kier molecular flexibility index (Phi) is 3.87. The normalized spacial score (nSPS) is 14.2. The average molecular weight is 296 g/mol. The van der Waals surface area contributed by atoms with Crippen LogP contribution in [-0.4, -0.2) is 17.8 Å². The summed E-state index contributed by atoms with van der Waals surface area (Å²) in [6, 6.07) is 6.47. The first kappa shape index (κ1) is 12.6. The molecule has 0 fully saturated rings. The molecule has 1 aromatic rings. The van der Waals surface area contributed by atoms with Gasteiger partial charge in [-0.15, -0.1) is 0 Å². The fourth-order valence-corrected chi connectivity index (χ4v) is 2.72. The number of fused-ring (bicyclic) bond motifs is 1. The van der Waals surface area contributed by atoms with Crippen LogP contribution >= 0.6 is 15.9 Å². The first-order chi connectivity index (χ1) is 8.13. The maximum Gasteiger partial charge on any atom is 0.229 e. The van der Waals surface area contributed by atoms with E-state index in [1.54, 1.807) is 0 Å². The summed E-state index contributed by atoms with van der Waals surface area (Å²) in [5.41, 5.74) is 3.78. The van der Waals surface area contributed by atoms with Crippen molar-refractivity contribution in [1.29, 1.82) is 0 Å². The van der Waals surface area contributed by atoms with Crippen molar-refractivity contribution in [3.05, 3.63) is 29.3 Å². The summed E-state index contributed by atoms with van der Waals surface area (Å²) in [6.07, 6.45) is 2.04. The second-order valence-corrected chi connectivity index (χ2v) is 5.59. The fourth-order valence-electron chi connectivity index (χ4n) is 2.26. The van der Waals surface area contributed by atoms with Gasteiger partial charge in [0.1, 0.15) is 0 Å². The van der Waals surface area contributed by atoms with Gasteiger partial charge in [-0.1, -0.05) is 41.9 Å². The van der Waals surface area contributed by atoms with Gasteiger partial charge in [0.15, 0.2) is 0 Å². The summed E-state index contributed by atoms with van der Waals surface area (Å²) in [5, 5.41) is 0.987. The van der Waals surface area contributed by atoms with Crippen molar-refractivity contribution >= 4 is 27.5 Å².